The molecule has 1 aromatic carbocycles. The fraction of sp³-hybridized carbons (Fsp3) is 0.444. The Hall–Kier alpha value is -2.50. The van der Waals surface area contributed by atoms with Gasteiger partial charge in [0.05, 0.1) is 13.2 Å². The van der Waals surface area contributed by atoms with E-state index in [4.69, 9.17) is 14.2 Å². The number of carbonyl (C=O) groups excluding carboxylic acids is 2. The number of carbonyl (C=O) groups is 2. The maximum absolute atomic E-state index is 11.6. The molecule has 0 aromatic heterocycles. The van der Waals surface area contributed by atoms with Gasteiger partial charge in [-0.25, -0.2) is 4.79 Å². The first-order valence-electron chi connectivity index (χ1n) is 7.92. The van der Waals surface area contributed by atoms with E-state index in [2.05, 4.69) is 5.32 Å². The van der Waals surface area contributed by atoms with Crippen molar-refractivity contribution in [3.8, 4) is 11.5 Å². The lowest BCUT2D eigenvalue weighted by Gasteiger charge is -2.13. The predicted octanol–water partition coefficient (Wildman–Crippen LogP) is 2.57. The van der Waals surface area contributed by atoms with Gasteiger partial charge in [-0.3, -0.25) is 4.79 Å². The molecule has 0 aliphatic carbocycles. The van der Waals surface area contributed by atoms with Gasteiger partial charge in [-0.15, -0.1) is 0 Å². The molecule has 1 aromatic rings. The fourth-order valence-corrected chi connectivity index (χ4v) is 1.80. The number of hydrogen-bond acceptors (Lipinski definition) is 5. The van der Waals surface area contributed by atoms with Crippen LogP contribution in [0.5, 0.6) is 11.5 Å². The molecule has 0 spiro atoms. The third-order valence-electron chi connectivity index (χ3n) is 2.88. The van der Waals surface area contributed by atoms with Gasteiger partial charge in [-0.1, -0.05) is 13.0 Å². The number of ether oxygens (including phenoxy) is 3. The summed E-state index contributed by atoms with van der Waals surface area (Å²) in [5.41, 5.74) is 0.760. The molecular formula is C18H25NO5. The maximum atomic E-state index is 11.6. The van der Waals surface area contributed by atoms with Crippen LogP contribution in [-0.4, -0.2) is 38.2 Å². The van der Waals surface area contributed by atoms with Gasteiger partial charge in [-0.2, -0.15) is 0 Å². The van der Waals surface area contributed by atoms with Crippen molar-refractivity contribution < 1.29 is 23.8 Å². The van der Waals surface area contributed by atoms with E-state index in [9.17, 15) is 9.59 Å². The summed E-state index contributed by atoms with van der Waals surface area (Å²) in [6, 6.07) is 5.34. The molecule has 1 amide bonds. The molecule has 0 atom stereocenters. The normalized spacial score (nSPS) is 10.7. The minimum Gasteiger partial charge on any atom is -0.493 e. The summed E-state index contributed by atoms with van der Waals surface area (Å²) in [4.78, 5) is 23.0. The van der Waals surface area contributed by atoms with E-state index in [-0.39, 0.29) is 18.6 Å². The van der Waals surface area contributed by atoms with Crippen LogP contribution in [0.3, 0.4) is 0 Å². The third-order valence-corrected chi connectivity index (χ3v) is 2.88. The van der Waals surface area contributed by atoms with Crippen molar-refractivity contribution in [3.05, 3.63) is 29.8 Å². The first kappa shape index (κ1) is 19.5. The monoisotopic (exact) mass is 335 g/mol. The first-order chi connectivity index (χ1) is 11.5. The quantitative estimate of drug-likeness (QED) is 0.554. The van der Waals surface area contributed by atoms with Crippen LogP contribution in [0.4, 0.5) is 0 Å². The van der Waals surface area contributed by atoms with E-state index in [0.29, 0.717) is 18.0 Å². The molecule has 0 heterocycles. The summed E-state index contributed by atoms with van der Waals surface area (Å²) in [6.45, 7) is 6.09. The van der Waals surface area contributed by atoms with Crippen LogP contribution in [0.1, 0.15) is 32.8 Å². The van der Waals surface area contributed by atoms with Crippen molar-refractivity contribution >= 4 is 18.0 Å². The van der Waals surface area contributed by atoms with Crippen molar-refractivity contribution in [2.24, 2.45) is 0 Å². The van der Waals surface area contributed by atoms with Crippen molar-refractivity contribution in [3.63, 3.8) is 0 Å². The Bertz CT molecular complexity index is 581. The highest BCUT2D eigenvalue weighted by atomic mass is 16.5. The number of rotatable bonds is 9. The molecule has 0 saturated heterocycles. The lowest BCUT2D eigenvalue weighted by Crippen LogP contribution is -2.28. The lowest BCUT2D eigenvalue weighted by atomic mass is 10.2. The zero-order valence-corrected chi connectivity index (χ0v) is 14.6. The Morgan fingerprint density at radius 1 is 1.25 bits per heavy atom. The first-order valence-corrected chi connectivity index (χ1v) is 7.92. The molecule has 6 nitrogen and oxygen atoms in total. The fourth-order valence-electron chi connectivity index (χ4n) is 1.80. The van der Waals surface area contributed by atoms with Crippen molar-refractivity contribution in [1.29, 1.82) is 0 Å². The summed E-state index contributed by atoms with van der Waals surface area (Å²) in [5.74, 6) is 0.330. The van der Waals surface area contributed by atoms with Crippen molar-refractivity contribution in [1.82, 2.24) is 5.32 Å². The van der Waals surface area contributed by atoms with Gasteiger partial charge in [0, 0.05) is 12.6 Å². The Kier molecular flexibility index (Phi) is 8.39. The van der Waals surface area contributed by atoms with Gasteiger partial charge in [0.15, 0.2) is 18.1 Å². The second kappa shape index (κ2) is 10.3. The zero-order valence-electron chi connectivity index (χ0n) is 14.6. The molecule has 1 N–H and O–H groups in total. The largest absolute Gasteiger partial charge is 0.493 e. The number of amides is 1. The molecule has 0 aliphatic heterocycles. The molecule has 24 heavy (non-hydrogen) atoms. The number of methoxy groups -OCH3 is 1. The molecule has 0 radical (unpaired) electrons. The number of nitrogens with one attached hydrogen (secondary N) is 1. The standard InChI is InChI=1S/C18H25NO5/c1-5-10-19-17(20)12-23-18(21)9-7-14-6-8-15(24-13(2)3)16(11-14)22-4/h6-9,11,13H,5,10,12H2,1-4H3,(H,19,20)/b9-7+. The van der Waals surface area contributed by atoms with Crippen LogP contribution in [0, 0.1) is 0 Å². The summed E-state index contributed by atoms with van der Waals surface area (Å²) >= 11 is 0. The van der Waals surface area contributed by atoms with E-state index >= 15 is 0 Å². The Morgan fingerprint density at radius 3 is 2.62 bits per heavy atom. The third kappa shape index (κ3) is 7.17. The SMILES string of the molecule is CCCNC(=O)COC(=O)/C=C/c1ccc(OC(C)C)c(OC)c1. The molecule has 132 valence electrons. The van der Waals surface area contributed by atoms with E-state index in [1.807, 2.05) is 20.8 Å². The van der Waals surface area contributed by atoms with Gasteiger partial charge in [0.25, 0.3) is 5.91 Å². The molecule has 6 heteroatoms. The topological polar surface area (TPSA) is 73.9 Å². The van der Waals surface area contributed by atoms with Gasteiger partial charge < -0.3 is 19.5 Å². The Morgan fingerprint density at radius 2 is 2.00 bits per heavy atom. The van der Waals surface area contributed by atoms with Gasteiger partial charge in [0.2, 0.25) is 0 Å². The van der Waals surface area contributed by atoms with Crippen molar-refractivity contribution in [2.45, 2.75) is 33.3 Å². The molecular weight excluding hydrogens is 310 g/mol. The minimum atomic E-state index is -0.580. The minimum absolute atomic E-state index is 0.0362. The van der Waals surface area contributed by atoms with Crippen LogP contribution < -0.4 is 14.8 Å². The van der Waals surface area contributed by atoms with E-state index < -0.39 is 5.97 Å². The number of benzene rings is 1. The molecule has 0 fully saturated rings. The van der Waals surface area contributed by atoms with Gasteiger partial charge in [0.1, 0.15) is 0 Å². The smallest absolute Gasteiger partial charge is 0.331 e. The highest BCUT2D eigenvalue weighted by Crippen LogP contribution is 2.29. The summed E-state index contributed by atoms with van der Waals surface area (Å²) in [5, 5.41) is 2.63. The number of esters is 1. The molecule has 0 unspecified atom stereocenters. The van der Waals surface area contributed by atoms with Crippen LogP contribution in [-0.2, 0) is 14.3 Å². The van der Waals surface area contributed by atoms with Crippen LogP contribution in [0.15, 0.2) is 24.3 Å². The number of hydrogen-bond donors (Lipinski definition) is 1. The molecule has 1 rings (SSSR count). The van der Waals surface area contributed by atoms with E-state index in [1.54, 1.807) is 31.4 Å². The Balaban J connectivity index is 2.60. The van der Waals surface area contributed by atoms with E-state index in [0.717, 1.165) is 12.0 Å². The van der Waals surface area contributed by atoms with Crippen LogP contribution in [0.25, 0.3) is 6.08 Å². The lowest BCUT2D eigenvalue weighted by molar-refractivity contribution is -0.143. The maximum Gasteiger partial charge on any atom is 0.331 e. The average molecular weight is 335 g/mol. The van der Waals surface area contributed by atoms with Gasteiger partial charge >= 0.3 is 5.97 Å². The molecule has 0 saturated carbocycles. The second-order valence-electron chi connectivity index (χ2n) is 5.37. The van der Waals surface area contributed by atoms with Crippen LogP contribution in [0.2, 0.25) is 0 Å². The average Bonchev–Trinajstić information content (AvgIpc) is 2.56. The zero-order chi connectivity index (χ0) is 17.9. The van der Waals surface area contributed by atoms with Crippen LogP contribution >= 0.6 is 0 Å². The predicted molar refractivity (Wildman–Crippen MR) is 92.1 cm³/mol. The Labute approximate surface area is 142 Å². The summed E-state index contributed by atoms with van der Waals surface area (Å²) in [7, 11) is 1.55. The van der Waals surface area contributed by atoms with Crippen molar-refractivity contribution in [2.75, 3.05) is 20.3 Å². The second-order valence-corrected chi connectivity index (χ2v) is 5.37. The van der Waals surface area contributed by atoms with E-state index in [1.165, 1.54) is 6.08 Å². The molecule has 0 bridgehead atoms. The molecule has 0 aliphatic rings. The summed E-state index contributed by atoms with van der Waals surface area (Å²) in [6.07, 6.45) is 3.73. The van der Waals surface area contributed by atoms with Gasteiger partial charge in [-0.05, 0) is 44.0 Å². The highest BCUT2D eigenvalue weighted by molar-refractivity contribution is 5.89. The summed E-state index contributed by atoms with van der Waals surface area (Å²) < 4.78 is 15.8. The highest BCUT2D eigenvalue weighted by Gasteiger charge is 2.07.